The summed E-state index contributed by atoms with van der Waals surface area (Å²) in [5, 5.41) is 1.44. The summed E-state index contributed by atoms with van der Waals surface area (Å²) in [5.74, 6) is 0.617. The molecule has 6 nitrogen and oxygen atoms in total. The number of hydrogen-bond donors (Lipinski definition) is 0. The molecule has 0 unspecified atom stereocenters. The quantitative estimate of drug-likeness (QED) is 0.470. The molecular formula is C23H16N2O4. The molecule has 0 bridgehead atoms. The predicted molar refractivity (Wildman–Crippen MR) is 109 cm³/mol. The number of nitrogens with zero attached hydrogens (tertiary/aromatic N) is 2. The van der Waals surface area contributed by atoms with Crippen molar-refractivity contribution < 1.29 is 19.1 Å². The molecule has 0 aliphatic rings. The van der Waals surface area contributed by atoms with Gasteiger partial charge in [-0.3, -0.25) is 4.98 Å². The normalized spacial score (nSPS) is 10.3. The second-order valence-corrected chi connectivity index (χ2v) is 6.08. The number of imide groups is 1. The average Bonchev–Trinajstić information content (AvgIpc) is 2.75. The van der Waals surface area contributed by atoms with Gasteiger partial charge in [-0.2, -0.15) is 4.90 Å². The second kappa shape index (κ2) is 8.22. The summed E-state index contributed by atoms with van der Waals surface area (Å²) in [4.78, 5) is 30.9. The Morgan fingerprint density at radius 1 is 0.655 bits per heavy atom. The number of pyridine rings is 1. The van der Waals surface area contributed by atoms with E-state index in [2.05, 4.69) is 4.98 Å². The molecule has 2 amide bonds. The number of ether oxygens (including phenoxy) is 2. The van der Waals surface area contributed by atoms with Crippen molar-refractivity contribution >= 4 is 28.6 Å². The minimum absolute atomic E-state index is 0.268. The van der Waals surface area contributed by atoms with Gasteiger partial charge in [-0.15, -0.1) is 0 Å². The van der Waals surface area contributed by atoms with Crippen LogP contribution < -0.4 is 14.4 Å². The smallest absolute Gasteiger partial charge is 0.410 e. The van der Waals surface area contributed by atoms with E-state index >= 15 is 0 Å². The Hall–Kier alpha value is -4.19. The molecule has 0 atom stereocenters. The van der Waals surface area contributed by atoms with E-state index in [9.17, 15) is 9.59 Å². The van der Waals surface area contributed by atoms with Gasteiger partial charge < -0.3 is 9.47 Å². The standard InChI is InChI=1S/C23H16N2O4/c26-22(28-18-10-3-1-4-11-18)25(23(27)29-19-12-5-2-6-13-19)21-16-24-15-17-9-7-8-14-20(17)21/h1-16H. The summed E-state index contributed by atoms with van der Waals surface area (Å²) in [5.41, 5.74) is 0.268. The number of anilines is 1. The van der Waals surface area contributed by atoms with Crippen LogP contribution in [0.3, 0.4) is 0 Å². The Bertz CT molecular complexity index is 1090. The van der Waals surface area contributed by atoms with Crippen LogP contribution in [0.4, 0.5) is 15.3 Å². The highest BCUT2D eigenvalue weighted by Gasteiger charge is 2.29. The zero-order valence-corrected chi connectivity index (χ0v) is 15.3. The van der Waals surface area contributed by atoms with Crippen LogP contribution in [0.15, 0.2) is 97.3 Å². The first-order valence-corrected chi connectivity index (χ1v) is 8.89. The SMILES string of the molecule is O=C(Oc1ccccc1)N(C(=O)Oc1ccccc1)c1cncc2ccccc12. The van der Waals surface area contributed by atoms with Gasteiger partial charge in [0, 0.05) is 17.0 Å². The molecule has 0 spiro atoms. The van der Waals surface area contributed by atoms with Gasteiger partial charge in [0.2, 0.25) is 0 Å². The molecule has 6 heteroatoms. The lowest BCUT2D eigenvalue weighted by atomic mass is 10.1. The molecule has 0 saturated heterocycles. The monoisotopic (exact) mass is 384 g/mol. The highest BCUT2D eigenvalue weighted by Crippen LogP contribution is 2.27. The van der Waals surface area contributed by atoms with Gasteiger partial charge in [0.05, 0.1) is 11.9 Å². The van der Waals surface area contributed by atoms with E-state index in [1.165, 1.54) is 6.20 Å². The van der Waals surface area contributed by atoms with E-state index in [4.69, 9.17) is 9.47 Å². The lowest BCUT2D eigenvalue weighted by Gasteiger charge is -2.21. The lowest BCUT2D eigenvalue weighted by molar-refractivity contribution is 0.191. The Morgan fingerprint density at radius 3 is 1.76 bits per heavy atom. The minimum Gasteiger partial charge on any atom is -0.410 e. The van der Waals surface area contributed by atoms with Crippen LogP contribution in [0.2, 0.25) is 0 Å². The molecule has 1 aromatic heterocycles. The van der Waals surface area contributed by atoms with E-state index in [0.29, 0.717) is 16.9 Å². The van der Waals surface area contributed by atoms with Crippen molar-refractivity contribution in [3.05, 3.63) is 97.3 Å². The molecular weight excluding hydrogens is 368 g/mol. The van der Waals surface area contributed by atoms with Gasteiger partial charge in [-0.25, -0.2) is 9.59 Å². The largest absolute Gasteiger partial charge is 0.429 e. The fourth-order valence-corrected chi connectivity index (χ4v) is 2.82. The second-order valence-electron chi connectivity index (χ2n) is 6.08. The van der Waals surface area contributed by atoms with Crippen molar-refractivity contribution in [1.29, 1.82) is 0 Å². The molecule has 1 heterocycles. The summed E-state index contributed by atoms with van der Waals surface area (Å²) < 4.78 is 10.8. The van der Waals surface area contributed by atoms with Crippen molar-refractivity contribution in [2.24, 2.45) is 0 Å². The number of carbonyl (C=O) groups is 2. The first-order valence-electron chi connectivity index (χ1n) is 8.89. The van der Waals surface area contributed by atoms with Crippen molar-refractivity contribution in [2.75, 3.05) is 4.90 Å². The summed E-state index contributed by atoms with van der Waals surface area (Å²) in [6.07, 6.45) is 1.30. The molecule has 29 heavy (non-hydrogen) atoms. The minimum atomic E-state index is -0.893. The molecule has 0 fully saturated rings. The van der Waals surface area contributed by atoms with E-state index < -0.39 is 12.2 Å². The fourth-order valence-electron chi connectivity index (χ4n) is 2.82. The highest BCUT2D eigenvalue weighted by atomic mass is 16.6. The molecule has 0 aliphatic heterocycles. The molecule has 0 aliphatic carbocycles. The summed E-state index contributed by atoms with van der Waals surface area (Å²) in [6, 6.07) is 24.3. The number of aromatic nitrogens is 1. The van der Waals surface area contributed by atoms with Gasteiger partial charge in [0.15, 0.2) is 0 Å². The summed E-state index contributed by atoms with van der Waals surface area (Å²) in [7, 11) is 0. The molecule has 0 radical (unpaired) electrons. The molecule has 3 aromatic carbocycles. The maximum Gasteiger partial charge on any atom is 0.429 e. The van der Waals surface area contributed by atoms with Gasteiger partial charge in [-0.1, -0.05) is 60.7 Å². The van der Waals surface area contributed by atoms with Gasteiger partial charge in [0.1, 0.15) is 11.5 Å². The van der Waals surface area contributed by atoms with Gasteiger partial charge in [-0.05, 0) is 24.3 Å². The highest BCUT2D eigenvalue weighted by molar-refractivity contribution is 6.15. The topological polar surface area (TPSA) is 68.7 Å². The zero-order valence-electron chi connectivity index (χ0n) is 15.3. The third-order valence-corrected chi connectivity index (χ3v) is 4.15. The van der Waals surface area contributed by atoms with Crippen LogP contribution in [0.1, 0.15) is 0 Å². The maximum absolute atomic E-state index is 13.0. The van der Waals surface area contributed by atoms with Crippen LogP contribution in [-0.4, -0.2) is 17.2 Å². The van der Waals surface area contributed by atoms with E-state index in [0.717, 1.165) is 10.3 Å². The number of benzene rings is 3. The third-order valence-electron chi connectivity index (χ3n) is 4.15. The lowest BCUT2D eigenvalue weighted by Crippen LogP contribution is -2.41. The number of fused-ring (bicyclic) bond motifs is 1. The van der Waals surface area contributed by atoms with Gasteiger partial charge >= 0.3 is 12.2 Å². The van der Waals surface area contributed by atoms with Crippen LogP contribution in [0, 0.1) is 0 Å². The van der Waals surface area contributed by atoms with E-state index in [-0.39, 0.29) is 5.69 Å². The average molecular weight is 384 g/mol. The Balaban J connectivity index is 1.74. The Kier molecular flexibility index (Phi) is 5.16. The Morgan fingerprint density at radius 2 is 1.17 bits per heavy atom. The van der Waals surface area contributed by atoms with Crippen molar-refractivity contribution in [1.82, 2.24) is 4.98 Å². The van der Waals surface area contributed by atoms with Gasteiger partial charge in [0.25, 0.3) is 0 Å². The van der Waals surface area contributed by atoms with Crippen molar-refractivity contribution in [3.8, 4) is 11.5 Å². The van der Waals surface area contributed by atoms with Crippen LogP contribution in [-0.2, 0) is 0 Å². The summed E-state index contributed by atoms with van der Waals surface area (Å²) in [6.45, 7) is 0. The Labute approximate surface area is 166 Å². The van der Waals surface area contributed by atoms with Crippen molar-refractivity contribution in [3.63, 3.8) is 0 Å². The molecule has 0 N–H and O–H groups in total. The first kappa shape index (κ1) is 18.2. The fraction of sp³-hybridized carbons (Fsp3) is 0. The van der Waals surface area contributed by atoms with Crippen LogP contribution in [0.5, 0.6) is 11.5 Å². The number of para-hydroxylation sites is 2. The molecule has 4 rings (SSSR count). The maximum atomic E-state index is 13.0. The number of rotatable bonds is 3. The third kappa shape index (κ3) is 4.06. The number of amides is 2. The van der Waals surface area contributed by atoms with Crippen molar-refractivity contribution in [2.45, 2.75) is 0 Å². The molecule has 142 valence electrons. The summed E-state index contributed by atoms with van der Waals surface area (Å²) >= 11 is 0. The van der Waals surface area contributed by atoms with E-state index in [1.54, 1.807) is 72.9 Å². The van der Waals surface area contributed by atoms with Crippen LogP contribution in [0.25, 0.3) is 10.8 Å². The molecule has 0 saturated carbocycles. The van der Waals surface area contributed by atoms with E-state index in [1.807, 2.05) is 18.2 Å². The number of hydrogen-bond acceptors (Lipinski definition) is 5. The zero-order chi connectivity index (χ0) is 20.1. The first-order chi connectivity index (χ1) is 14.2. The predicted octanol–water partition coefficient (Wildman–Crippen LogP) is 5.44. The number of carbonyl (C=O) groups excluding carboxylic acids is 2. The van der Waals surface area contributed by atoms with Crippen LogP contribution >= 0.6 is 0 Å². The molecule has 4 aromatic rings.